The number of aromatic nitrogens is 2. The predicted molar refractivity (Wildman–Crippen MR) is 370 cm³/mol. The topological polar surface area (TPSA) is 682 Å². The molecule has 0 bridgehead atoms. The van der Waals surface area contributed by atoms with Crippen LogP contribution in [0.5, 0.6) is 5.75 Å². The monoisotopic (exact) mass is 1560 g/mol. The van der Waals surface area contributed by atoms with Crippen molar-refractivity contribution in [1.29, 1.82) is 0 Å². The number of hydrogen-bond acceptors (Lipinski definition) is 24. The van der Waals surface area contributed by atoms with E-state index in [9.17, 15) is 107 Å². The average Bonchev–Trinajstić information content (AvgIpc) is 1.59. The Labute approximate surface area is 621 Å². The first-order valence-electron chi connectivity index (χ1n) is 33.7. The number of hydrogen-bond donors (Lipinski definition) is 22. The van der Waals surface area contributed by atoms with Gasteiger partial charge in [-0.1, -0.05) is 61.9 Å². The van der Waals surface area contributed by atoms with Gasteiger partial charge < -0.3 is 123 Å². The average molecular weight is 1570 g/mol. The van der Waals surface area contributed by atoms with Crippen molar-refractivity contribution < 1.29 is 141 Å². The third kappa shape index (κ3) is 24.8. The fourth-order valence-corrected chi connectivity index (χ4v) is 12.1. The summed E-state index contributed by atoms with van der Waals surface area (Å²) in [4.78, 5) is 254. The number of nitrogens with one attached hydrogen (secondary N) is 13. The van der Waals surface area contributed by atoms with Gasteiger partial charge in [-0.25, -0.2) is 15.3 Å². The number of aliphatic carboxylic acids is 4. The Morgan fingerprint density at radius 2 is 1.11 bits per heavy atom. The molecule has 23 N–H and O–H groups in total. The number of epoxide rings is 1. The van der Waals surface area contributed by atoms with Crippen molar-refractivity contribution in [2.24, 2.45) is 5.90 Å². The van der Waals surface area contributed by atoms with Crippen LogP contribution in [-0.4, -0.2) is 244 Å². The zero-order chi connectivity index (χ0) is 80.8. The van der Waals surface area contributed by atoms with Crippen LogP contribution in [0, 0.1) is 0 Å². The molecule has 11 amide bonds. The highest BCUT2D eigenvalue weighted by atomic mass is 31.2. The number of benzene rings is 3. The molecule has 3 aromatic carbocycles. The third-order valence-corrected chi connectivity index (χ3v) is 17.6. The lowest BCUT2D eigenvalue weighted by atomic mass is 10.0. The lowest BCUT2D eigenvalue weighted by Gasteiger charge is -2.30. The van der Waals surface area contributed by atoms with Gasteiger partial charge in [0.2, 0.25) is 59.1 Å². The maximum atomic E-state index is 15.4. The van der Waals surface area contributed by atoms with Gasteiger partial charge in [0.15, 0.2) is 6.10 Å². The molecule has 4 heterocycles. The van der Waals surface area contributed by atoms with E-state index < -0.39 is 258 Å². The number of esters is 1. The van der Waals surface area contributed by atoms with Gasteiger partial charge in [0.25, 0.3) is 5.91 Å². The SMILES string of the molecule is CCCC1OC1C(=O)NC(CO)C(=O)NC1C(=O)NC(Cc2c[nH]c3ccccc23)C(=O)NC(CC(=O)O)C(=O)NC(CC(=O)O)C(=O)NC(c2ccc(O)cc2)C(=O)NC(CC(=O)O)C(=O)NCC(=O)NC(C(CON)OP(=O)(O)O)C(=O)NC(CCC(=O)O)C(=O)NC(Cc2c[nH]c3ccccc23)C(=O)OC1C. The molecule has 0 spiro atoms. The first-order valence-corrected chi connectivity index (χ1v) is 35.2. The number of H-pyrrole nitrogens is 2. The Morgan fingerprint density at radius 1 is 0.609 bits per heavy atom. The van der Waals surface area contributed by atoms with E-state index in [1.165, 1.54) is 12.4 Å². The number of phosphoric ester groups is 1. The summed E-state index contributed by atoms with van der Waals surface area (Å²) in [6.45, 7) is -0.977. The molecule has 110 heavy (non-hydrogen) atoms. The summed E-state index contributed by atoms with van der Waals surface area (Å²) >= 11 is 0. The number of aromatic hydroxyl groups is 1. The normalized spacial score (nSPS) is 23.9. The third-order valence-electron chi connectivity index (χ3n) is 17.0. The molecule has 2 aliphatic rings. The summed E-state index contributed by atoms with van der Waals surface area (Å²) in [5.74, 6) is -20.0. The molecular weight excluding hydrogens is 1480 g/mol. The molecule has 2 aliphatic heterocycles. The molecule has 2 fully saturated rings. The van der Waals surface area contributed by atoms with Crippen LogP contribution in [-0.2, 0) is 113 Å². The van der Waals surface area contributed by atoms with Crippen LogP contribution in [0.25, 0.3) is 21.8 Å². The van der Waals surface area contributed by atoms with E-state index in [2.05, 4.69) is 52.0 Å². The van der Waals surface area contributed by atoms with Gasteiger partial charge in [0.1, 0.15) is 78.4 Å². The molecule has 0 aliphatic carbocycles. The fraction of sp³-hybridized carbons (Fsp3) is 0.424. The molecule has 0 radical (unpaired) electrons. The number of carbonyl (C=O) groups excluding carboxylic acids is 12. The second kappa shape index (κ2) is 39.2. The number of phosphoric acid groups is 1. The summed E-state index contributed by atoms with van der Waals surface area (Å²) in [6, 6.07) is -5.63. The first kappa shape index (κ1) is 85.3. The van der Waals surface area contributed by atoms with Crippen LogP contribution < -0.4 is 64.4 Å². The maximum absolute atomic E-state index is 15.4. The van der Waals surface area contributed by atoms with Gasteiger partial charge in [0, 0.05) is 53.5 Å². The number of nitrogens with two attached hydrogens (primary N) is 1. The number of carboxylic acid groups (broad SMARTS) is 4. The maximum Gasteiger partial charge on any atom is 0.470 e. The quantitative estimate of drug-likeness (QED) is 0.0106. The highest BCUT2D eigenvalue weighted by Crippen LogP contribution is 2.38. The van der Waals surface area contributed by atoms with Gasteiger partial charge in [-0.3, -0.25) is 76.4 Å². The number of cyclic esters (lactones) is 1. The number of aliphatic hydroxyl groups is 1. The number of ether oxygens (including phenoxy) is 2. The van der Waals surface area contributed by atoms with E-state index in [0.29, 0.717) is 34.6 Å². The van der Waals surface area contributed by atoms with Crippen LogP contribution in [0.4, 0.5) is 0 Å². The van der Waals surface area contributed by atoms with Crippen LogP contribution in [0.1, 0.15) is 81.5 Å². The Kier molecular flexibility index (Phi) is 30.4. The van der Waals surface area contributed by atoms with Crippen molar-refractivity contribution in [3.8, 4) is 5.75 Å². The van der Waals surface area contributed by atoms with Gasteiger partial charge >= 0.3 is 37.7 Å². The number of rotatable bonds is 26. The zero-order valence-corrected chi connectivity index (χ0v) is 59.2. The molecule has 5 aromatic rings. The summed E-state index contributed by atoms with van der Waals surface area (Å²) in [5, 5.41) is 85.4. The summed E-state index contributed by atoms with van der Waals surface area (Å²) in [7, 11) is -5.81. The van der Waals surface area contributed by atoms with Crippen LogP contribution in [0.15, 0.2) is 85.2 Å². The number of aromatic amines is 2. The molecule has 43 nitrogen and oxygen atoms in total. The van der Waals surface area contributed by atoms with E-state index >= 15 is 14.4 Å². The largest absolute Gasteiger partial charge is 0.508 e. The van der Waals surface area contributed by atoms with E-state index in [1.807, 2.05) is 21.3 Å². The number of phenolic OH excluding ortho intramolecular Hbond substituents is 1. The highest BCUT2D eigenvalue weighted by molar-refractivity contribution is 7.46. The first-order chi connectivity index (χ1) is 52.1. The lowest BCUT2D eigenvalue weighted by molar-refractivity contribution is -0.156. The summed E-state index contributed by atoms with van der Waals surface area (Å²) < 4.78 is 28.5. The number of amides is 11. The molecule has 2 aromatic heterocycles. The standard InChI is InChI=1S/C66H81N14O29P/c1-3-8-45-55(108-45)65(101)77-44(27-81)61(97)79-52-29(2)107-66(102)43(20-32-25-69-37-12-7-5-10-35(32)37)76-57(93)38(17-18-48(84)85)71-64(100)54(46(28-106-67)109-110(103,104)105)78-47(83)26-70-56(92)40(21-49(86)87)75-63(99)53(30-13-15-33(82)16-14-30)80-60(96)42(23-51(90)91)73-59(95)41(22-50(88)89)72-58(94)39(74-62(52)98)19-31-24-68-36-11-6-4-9-34(31)36/h4-7,9-16,24-25,29,38-46,52-55,68-69,81-82H,3,8,17-23,26-28,67H2,1-2H3,(H,70,92)(H,71,100)(H,72,94)(H,73,95)(H,74,98)(H,75,99)(H,76,93)(H,77,101)(H,78,83)(H,79,97)(H,80,96)(H,84,85)(H,86,87)(H,88,89)(H,90,91)(H2,103,104,105). The van der Waals surface area contributed by atoms with Crippen molar-refractivity contribution in [3.63, 3.8) is 0 Å². The Morgan fingerprint density at radius 3 is 1.65 bits per heavy atom. The summed E-state index contributed by atoms with van der Waals surface area (Å²) in [5.41, 5.74) is 1.01. The number of aliphatic hydroxyl groups excluding tert-OH is 1. The second-order valence-corrected chi connectivity index (χ2v) is 26.4. The van der Waals surface area contributed by atoms with Crippen molar-refractivity contribution in [1.82, 2.24) is 68.5 Å². The molecule has 7 rings (SSSR count). The number of phenols is 1. The van der Waals surface area contributed by atoms with Gasteiger partial charge in [-0.15, -0.1) is 0 Å². The van der Waals surface area contributed by atoms with Gasteiger partial charge in [-0.2, -0.15) is 0 Å². The Hall–Kier alpha value is -12.0. The smallest absolute Gasteiger partial charge is 0.470 e. The van der Waals surface area contributed by atoms with Crippen LogP contribution in [0.2, 0.25) is 0 Å². The van der Waals surface area contributed by atoms with Crippen LogP contribution in [0.3, 0.4) is 0 Å². The zero-order valence-electron chi connectivity index (χ0n) is 58.3. The summed E-state index contributed by atoms with van der Waals surface area (Å²) in [6.07, 6.45) is -9.70. The Bertz CT molecular complexity index is 4320. The minimum absolute atomic E-state index is 0.216. The van der Waals surface area contributed by atoms with E-state index in [1.54, 1.807) is 55.5 Å². The molecule has 594 valence electrons. The lowest BCUT2D eigenvalue weighted by Crippen LogP contribution is -2.63. The molecule has 44 heteroatoms. The van der Waals surface area contributed by atoms with Crippen molar-refractivity contribution in [3.05, 3.63) is 102 Å². The molecule has 0 saturated carbocycles. The number of carboxylic acids is 4. The minimum atomic E-state index is -5.81. The second-order valence-electron chi connectivity index (χ2n) is 25.2. The molecule has 14 atom stereocenters. The van der Waals surface area contributed by atoms with Crippen molar-refractivity contribution >= 4 is 124 Å². The van der Waals surface area contributed by atoms with Crippen LogP contribution >= 0.6 is 7.82 Å². The highest BCUT2D eigenvalue weighted by Gasteiger charge is 2.46. The molecular formula is C66H81N14O29P. The Balaban J connectivity index is 1.39. The number of carbonyl (C=O) groups is 16. The van der Waals surface area contributed by atoms with E-state index in [-0.39, 0.29) is 16.7 Å². The molecule has 2 saturated heterocycles. The number of fused-ring (bicyclic) bond motifs is 2. The molecule has 14 unspecified atom stereocenters. The van der Waals surface area contributed by atoms with Crippen molar-refractivity contribution in [2.45, 2.75) is 156 Å². The van der Waals surface area contributed by atoms with Crippen molar-refractivity contribution in [2.75, 3.05) is 19.8 Å². The fourth-order valence-electron chi connectivity index (χ4n) is 11.5. The predicted octanol–water partition coefficient (Wildman–Crippen LogP) is -5.36. The minimum Gasteiger partial charge on any atom is -0.508 e. The van der Waals surface area contributed by atoms with Gasteiger partial charge in [-0.05, 0) is 60.7 Å². The number of para-hydroxylation sites is 2. The van der Waals surface area contributed by atoms with E-state index in [0.717, 1.165) is 31.2 Å². The van der Waals surface area contributed by atoms with Gasteiger partial charge in [0.05, 0.1) is 45.1 Å². The van der Waals surface area contributed by atoms with E-state index in [4.69, 9.17) is 19.9 Å².